The molecule has 0 fully saturated rings. The van der Waals surface area contributed by atoms with Crippen molar-refractivity contribution in [2.24, 2.45) is 10.7 Å². The van der Waals surface area contributed by atoms with Crippen LogP contribution in [0.4, 0.5) is 0 Å². The van der Waals surface area contributed by atoms with Gasteiger partial charge in [-0.15, -0.1) is 24.0 Å². The molecule has 0 bridgehead atoms. The quantitative estimate of drug-likeness (QED) is 0.333. The van der Waals surface area contributed by atoms with Crippen LogP contribution >= 0.6 is 47.2 Å². The van der Waals surface area contributed by atoms with Crippen molar-refractivity contribution in [2.45, 2.75) is 19.5 Å². The molecular formula is C18H22Cl2IN3O2. The maximum atomic E-state index is 6.21. The number of methoxy groups -OCH3 is 2. The number of hydrogen-bond donors (Lipinski definition) is 2. The minimum absolute atomic E-state index is 0. The molecule has 0 aliphatic heterocycles. The van der Waals surface area contributed by atoms with E-state index in [4.69, 9.17) is 38.4 Å². The zero-order valence-electron chi connectivity index (χ0n) is 14.8. The number of benzene rings is 2. The van der Waals surface area contributed by atoms with Gasteiger partial charge in [-0.3, -0.25) is 0 Å². The van der Waals surface area contributed by atoms with Crippen LogP contribution in [-0.4, -0.2) is 20.2 Å². The first-order chi connectivity index (χ1) is 11.9. The summed E-state index contributed by atoms with van der Waals surface area (Å²) >= 11 is 12.1. The van der Waals surface area contributed by atoms with Gasteiger partial charge in [0.2, 0.25) is 0 Å². The SMILES string of the molecule is COc1ccc(CN=C(N)NC(C)c2ccc(Cl)cc2Cl)cc1OC.I. The molecule has 0 aliphatic carbocycles. The van der Waals surface area contributed by atoms with Crippen LogP contribution < -0.4 is 20.5 Å². The van der Waals surface area contributed by atoms with Gasteiger partial charge in [-0.2, -0.15) is 0 Å². The van der Waals surface area contributed by atoms with Gasteiger partial charge in [0.15, 0.2) is 17.5 Å². The number of aliphatic imine (C=N–C) groups is 1. The Morgan fingerprint density at radius 3 is 2.42 bits per heavy atom. The predicted molar refractivity (Wildman–Crippen MR) is 118 cm³/mol. The predicted octanol–water partition coefficient (Wildman–Crippen LogP) is 4.79. The first-order valence-electron chi connectivity index (χ1n) is 7.67. The summed E-state index contributed by atoms with van der Waals surface area (Å²) in [5, 5.41) is 4.30. The van der Waals surface area contributed by atoms with Gasteiger partial charge in [0.05, 0.1) is 26.8 Å². The minimum Gasteiger partial charge on any atom is -0.493 e. The normalized spacial score (nSPS) is 12.1. The molecule has 0 aliphatic rings. The summed E-state index contributed by atoms with van der Waals surface area (Å²) in [4.78, 5) is 4.36. The first kappa shape index (κ1) is 22.7. The number of halogens is 3. The van der Waals surface area contributed by atoms with Gasteiger partial charge in [0.25, 0.3) is 0 Å². The van der Waals surface area contributed by atoms with E-state index in [-0.39, 0.29) is 30.0 Å². The van der Waals surface area contributed by atoms with E-state index in [1.165, 1.54) is 0 Å². The highest BCUT2D eigenvalue weighted by atomic mass is 127. The third-order valence-corrected chi connectivity index (χ3v) is 4.24. The number of rotatable bonds is 6. The fourth-order valence-electron chi connectivity index (χ4n) is 2.35. The standard InChI is InChI=1S/C18H21Cl2N3O2.HI/c1-11(14-6-5-13(19)9-15(14)20)23-18(21)22-10-12-4-7-16(24-2)17(8-12)25-3;/h4-9,11H,10H2,1-3H3,(H3,21,22,23);1H. The van der Waals surface area contributed by atoms with E-state index in [1.807, 2.05) is 31.2 Å². The second-order valence-corrected chi connectivity index (χ2v) is 6.27. The van der Waals surface area contributed by atoms with Crippen molar-refractivity contribution in [3.8, 4) is 11.5 Å². The van der Waals surface area contributed by atoms with E-state index in [2.05, 4.69) is 10.3 Å². The van der Waals surface area contributed by atoms with Crippen LogP contribution in [0.3, 0.4) is 0 Å². The van der Waals surface area contributed by atoms with Crippen molar-refractivity contribution in [1.82, 2.24) is 5.32 Å². The summed E-state index contributed by atoms with van der Waals surface area (Å²) in [6.45, 7) is 2.37. The molecule has 5 nitrogen and oxygen atoms in total. The summed E-state index contributed by atoms with van der Waals surface area (Å²) in [5.41, 5.74) is 7.84. The number of nitrogens with one attached hydrogen (secondary N) is 1. The maximum absolute atomic E-state index is 6.21. The maximum Gasteiger partial charge on any atom is 0.189 e. The van der Waals surface area contributed by atoms with E-state index in [1.54, 1.807) is 26.4 Å². The molecule has 26 heavy (non-hydrogen) atoms. The molecule has 0 aromatic heterocycles. The Balaban J connectivity index is 0.00000338. The number of ether oxygens (including phenoxy) is 2. The average molecular weight is 510 g/mol. The molecule has 2 aromatic carbocycles. The van der Waals surface area contributed by atoms with E-state index in [9.17, 15) is 0 Å². The smallest absolute Gasteiger partial charge is 0.189 e. The van der Waals surface area contributed by atoms with E-state index in [0.29, 0.717) is 34.0 Å². The van der Waals surface area contributed by atoms with Crippen LogP contribution in [0.25, 0.3) is 0 Å². The lowest BCUT2D eigenvalue weighted by molar-refractivity contribution is 0.354. The summed E-state index contributed by atoms with van der Waals surface area (Å²) < 4.78 is 10.5. The van der Waals surface area contributed by atoms with Crippen molar-refractivity contribution < 1.29 is 9.47 Å². The molecule has 2 aromatic rings. The second-order valence-electron chi connectivity index (χ2n) is 5.42. The highest BCUT2D eigenvalue weighted by Crippen LogP contribution is 2.28. The lowest BCUT2D eigenvalue weighted by atomic mass is 10.1. The largest absolute Gasteiger partial charge is 0.493 e. The summed E-state index contributed by atoms with van der Waals surface area (Å²) in [6.07, 6.45) is 0. The highest BCUT2D eigenvalue weighted by Gasteiger charge is 2.11. The number of nitrogens with two attached hydrogens (primary N) is 1. The Hall–Kier alpha value is -1.38. The van der Waals surface area contributed by atoms with Crippen molar-refractivity contribution >= 4 is 53.1 Å². The Kier molecular flexibility index (Phi) is 9.32. The average Bonchev–Trinajstić information content (AvgIpc) is 2.59. The fraction of sp³-hybridized carbons (Fsp3) is 0.278. The third kappa shape index (κ3) is 6.10. The molecule has 0 heterocycles. The zero-order chi connectivity index (χ0) is 18.4. The van der Waals surface area contributed by atoms with E-state index < -0.39 is 0 Å². The molecule has 0 radical (unpaired) electrons. The van der Waals surface area contributed by atoms with Crippen LogP contribution in [0.15, 0.2) is 41.4 Å². The molecule has 0 saturated heterocycles. The topological polar surface area (TPSA) is 68.9 Å². The molecule has 0 amide bonds. The lowest BCUT2D eigenvalue weighted by Crippen LogP contribution is -2.34. The Bertz CT molecular complexity index is 772. The molecule has 1 unspecified atom stereocenters. The first-order valence-corrected chi connectivity index (χ1v) is 8.42. The van der Waals surface area contributed by atoms with Gasteiger partial charge in [0, 0.05) is 10.0 Å². The Morgan fingerprint density at radius 1 is 1.12 bits per heavy atom. The summed E-state index contributed by atoms with van der Waals surface area (Å²) in [6, 6.07) is 10.9. The van der Waals surface area contributed by atoms with Crippen LogP contribution in [0.5, 0.6) is 11.5 Å². The third-order valence-electron chi connectivity index (χ3n) is 3.67. The van der Waals surface area contributed by atoms with Gasteiger partial charge in [-0.1, -0.05) is 35.3 Å². The number of nitrogens with zero attached hydrogens (tertiary/aromatic N) is 1. The molecule has 1 atom stereocenters. The molecule has 2 rings (SSSR count). The van der Waals surface area contributed by atoms with Crippen molar-refractivity contribution in [1.29, 1.82) is 0 Å². The van der Waals surface area contributed by atoms with Gasteiger partial charge >= 0.3 is 0 Å². The van der Waals surface area contributed by atoms with Crippen molar-refractivity contribution in [3.63, 3.8) is 0 Å². The molecule has 0 spiro atoms. The van der Waals surface area contributed by atoms with Crippen LogP contribution in [0, 0.1) is 0 Å². The lowest BCUT2D eigenvalue weighted by Gasteiger charge is -2.16. The number of hydrogen-bond acceptors (Lipinski definition) is 3. The van der Waals surface area contributed by atoms with E-state index in [0.717, 1.165) is 11.1 Å². The Labute approximate surface area is 180 Å². The van der Waals surface area contributed by atoms with Crippen molar-refractivity contribution in [2.75, 3.05) is 14.2 Å². The Morgan fingerprint density at radius 2 is 1.81 bits per heavy atom. The molecule has 0 saturated carbocycles. The van der Waals surface area contributed by atoms with Gasteiger partial charge in [-0.05, 0) is 42.3 Å². The summed E-state index contributed by atoms with van der Waals surface area (Å²) in [7, 11) is 3.19. The van der Waals surface area contributed by atoms with Crippen LogP contribution in [0.1, 0.15) is 24.1 Å². The van der Waals surface area contributed by atoms with E-state index >= 15 is 0 Å². The molecule has 3 N–H and O–H groups in total. The minimum atomic E-state index is -0.0982. The van der Waals surface area contributed by atoms with Crippen LogP contribution in [0.2, 0.25) is 10.0 Å². The van der Waals surface area contributed by atoms with Crippen LogP contribution in [-0.2, 0) is 6.54 Å². The monoisotopic (exact) mass is 509 g/mol. The number of guanidine groups is 1. The fourth-order valence-corrected chi connectivity index (χ4v) is 2.93. The molecule has 142 valence electrons. The van der Waals surface area contributed by atoms with Gasteiger partial charge in [0.1, 0.15) is 0 Å². The summed E-state index contributed by atoms with van der Waals surface area (Å²) in [5.74, 6) is 1.66. The van der Waals surface area contributed by atoms with Crippen molar-refractivity contribution in [3.05, 3.63) is 57.6 Å². The van der Waals surface area contributed by atoms with Gasteiger partial charge < -0.3 is 20.5 Å². The molecular weight excluding hydrogens is 488 g/mol. The van der Waals surface area contributed by atoms with Gasteiger partial charge in [-0.25, -0.2) is 4.99 Å². The zero-order valence-corrected chi connectivity index (χ0v) is 18.6. The highest BCUT2D eigenvalue weighted by molar-refractivity contribution is 14.0. The molecule has 8 heteroatoms. The second kappa shape index (κ2) is 10.7.